The van der Waals surface area contributed by atoms with Crippen LogP contribution in [0.3, 0.4) is 0 Å². The van der Waals surface area contributed by atoms with Gasteiger partial charge in [-0.1, -0.05) is 0 Å². The first kappa shape index (κ1) is 30.9. The van der Waals surface area contributed by atoms with Gasteiger partial charge in [0, 0.05) is 24.3 Å². The zero-order chi connectivity index (χ0) is 31.2. The number of hydrogen-bond donors (Lipinski definition) is 10. The summed E-state index contributed by atoms with van der Waals surface area (Å²) in [4.78, 5) is 12.8. The lowest BCUT2D eigenvalue weighted by molar-refractivity contribution is -0.357. The molecule has 10 atom stereocenters. The standard InChI is InChI=1S/C27H30O16/c28-7-17-20(34)22(36)24(38)26(41-17)43-25-23(37)21(35)18(8-29)42-27(25)40-14-4-9(30)1-2-11(14)15-6-13(33)19-12(32)3-10(31)5-16(19)39-15/h1-6,17-18,20-32,34-38H,7-8H2. The van der Waals surface area contributed by atoms with E-state index < -0.39 is 85.8 Å². The van der Waals surface area contributed by atoms with Gasteiger partial charge in [-0.05, 0) is 12.1 Å². The van der Waals surface area contributed by atoms with Crippen LogP contribution in [0.1, 0.15) is 0 Å². The molecule has 10 N–H and O–H groups in total. The number of ether oxygens (including phenoxy) is 4. The van der Waals surface area contributed by atoms with E-state index >= 15 is 0 Å². The zero-order valence-corrected chi connectivity index (χ0v) is 22.1. The molecule has 0 radical (unpaired) electrons. The van der Waals surface area contributed by atoms with Crippen molar-refractivity contribution in [1.29, 1.82) is 0 Å². The minimum Gasteiger partial charge on any atom is -0.508 e. The average molecular weight is 611 g/mol. The van der Waals surface area contributed by atoms with Crippen LogP contribution >= 0.6 is 0 Å². The number of hydrogen-bond acceptors (Lipinski definition) is 16. The Labute approximate surface area is 241 Å². The van der Waals surface area contributed by atoms with Crippen LogP contribution in [-0.2, 0) is 14.2 Å². The van der Waals surface area contributed by atoms with E-state index in [1.807, 2.05) is 0 Å². The molecule has 43 heavy (non-hydrogen) atoms. The van der Waals surface area contributed by atoms with Gasteiger partial charge in [0.15, 0.2) is 17.8 Å². The number of rotatable bonds is 7. The fourth-order valence-electron chi connectivity index (χ4n) is 4.95. The Morgan fingerprint density at radius 3 is 2.05 bits per heavy atom. The Morgan fingerprint density at radius 1 is 0.721 bits per heavy atom. The van der Waals surface area contributed by atoms with Crippen LogP contribution < -0.4 is 10.2 Å². The number of phenols is 3. The van der Waals surface area contributed by atoms with Crippen molar-refractivity contribution in [1.82, 2.24) is 0 Å². The van der Waals surface area contributed by atoms with Gasteiger partial charge in [-0.2, -0.15) is 0 Å². The van der Waals surface area contributed by atoms with E-state index in [4.69, 9.17) is 23.4 Å². The lowest BCUT2D eigenvalue weighted by Crippen LogP contribution is -2.65. The van der Waals surface area contributed by atoms with Crippen LogP contribution in [0.5, 0.6) is 23.0 Å². The van der Waals surface area contributed by atoms with Crippen LogP contribution in [0.2, 0.25) is 0 Å². The molecule has 0 aliphatic carbocycles. The largest absolute Gasteiger partial charge is 0.508 e. The van der Waals surface area contributed by atoms with E-state index in [1.165, 1.54) is 12.1 Å². The Hall–Kier alpha value is -3.55. The lowest BCUT2D eigenvalue weighted by Gasteiger charge is -2.45. The van der Waals surface area contributed by atoms with Gasteiger partial charge in [0.05, 0.1) is 18.8 Å². The maximum absolute atomic E-state index is 12.8. The average Bonchev–Trinajstić information content (AvgIpc) is 2.96. The van der Waals surface area contributed by atoms with Gasteiger partial charge in [-0.15, -0.1) is 0 Å². The van der Waals surface area contributed by atoms with Crippen molar-refractivity contribution in [2.45, 2.75) is 61.4 Å². The number of fused-ring (bicyclic) bond motifs is 1. The highest BCUT2D eigenvalue weighted by Gasteiger charge is 2.51. The van der Waals surface area contributed by atoms with Gasteiger partial charge < -0.3 is 74.4 Å². The van der Waals surface area contributed by atoms with Crippen LogP contribution in [0.15, 0.2) is 45.6 Å². The van der Waals surface area contributed by atoms with Gasteiger partial charge in [-0.25, -0.2) is 0 Å². The van der Waals surface area contributed by atoms with Crippen molar-refractivity contribution in [3.63, 3.8) is 0 Å². The lowest BCUT2D eigenvalue weighted by atomic mass is 9.97. The van der Waals surface area contributed by atoms with Gasteiger partial charge in [0.2, 0.25) is 6.29 Å². The predicted octanol–water partition coefficient (Wildman–Crippen LogP) is -2.42. The van der Waals surface area contributed by atoms with E-state index in [1.54, 1.807) is 0 Å². The summed E-state index contributed by atoms with van der Waals surface area (Å²) in [6.07, 6.45) is -17.1. The van der Waals surface area contributed by atoms with E-state index in [0.29, 0.717) is 0 Å². The molecule has 5 rings (SSSR count). The third-order valence-corrected chi connectivity index (χ3v) is 7.23. The second kappa shape index (κ2) is 12.2. The third kappa shape index (κ3) is 5.85. The molecule has 16 nitrogen and oxygen atoms in total. The van der Waals surface area contributed by atoms with Crippen molar-refractivity contribution in [3.05, 3.63) is 46.6 Å². The summed E-state index contributed by atoms with van der Waals surface area (Å²) in [6, 6.07) is 6.67. The summed E-state index contributed by atoms with van der Waals surface area (Å²) >= 11 is 0. The molecular formula is C27H30O16. The summed E-state index contributed by atoms with van der Waals surface area (Å²) in [7, 11) is 0. The summed E-state index contributed by atoms with van der Waals surface area (Å²) in [5.41, 5.74) is -0.851. The smallest absolute Gasteiger partial charge is 0.229 e. The molecule has 3 aromatic rings. The molecule has 16 heteroatoms. The number of aromatic hydroxyl groups is 3. The molecule has 0 saturated carbocycles. The summed E-state index contributed by atoms with van der Waals surface area (Å²) < 4.78 is 28.3. The molecule has 2 aliphatic heterocycles. The van der Waals surface area contributed by atoms with Crippen molar-refractivity contribution < 1.29 is 74.4 Å². The maximum atomic E-state index is 12.8. The highest BCUT2D eigenvalue weighted by molar-refractivity contribution is 5.86. The molecule has 2 fully saturated rings. The summed E-state index contributed by atoms with van der Waals surface area (Å²) in [5, 5.41) is 101. The third-order valence-electron chi connectivity index (χ3n) is 7.23. The fraction of sp³-hybridized carbons (Fsp3) is 0.444. The molecular weight excluding hydrogens is 580 g/mol. The van der Waals surface area contributed by atoms with Crippen LogP contribution in [0.25, 0.3) is 22.3 Å². The van der Waals surface area contributed by atoms with E-state index in [2.05, 4.69) is 0 Å². The van der Waals surface area contributed by atoms with Crippen molar-refractivity contribution in [2.24, 2.45) is 0 Å². The number of aliphatic hydroxyl groups is 7. The Morgan fingerprint density at radius 2 is 1.37 bits per heavy atom. The molecule has 10 unspecified atom stereocenters. The molecule has 0 bridgehead atoms. The molecule has 2 aliphatic rings. The molecule has 2 saturated heterocycles. The van der Waals surface area contributed by atoms with E-state index in [-0.39, 0.29) is 39.5 Å². The van der Waals surface area contributed by atoms with Gasteiger partial charge in [-0.3, -0.25) is 4.79 Å². The second-order valence-electron chi connectivity index (χ2n) is 10.1. The quantitative estimate of drug-likeness (QED) is 0.133. The van der Waals surface area contributed by atoms with E-state index in [0.717, 1.165) is 24.3 Å². The van der Waals surface area contributed by atoms with Crippen LogP contribution in [0.4, 0.5) is 0 Å². The monoisotopic (exact) mass is 610 g/mol. The van der Waals surface area contributed by atoms with Crippen molar-refractivity contribution in [3.8, 4) is 34.3 Å². The first-order chi connectivity index (χ1) is 20.4. The number of phenolic OH excluding ortho intramolecular Hbond substituents is 3. The minimum atomic E-state index is -1.89. The van der Waals surface area contributed by atoms with Gasteiger partial charge >= 0.3 is 0 Å². The Kier molecular flexibility index (Phi) is 8.77. The Balaban J connectivity index is 1.52. The van der Waals surface area contributed by atoms with E-state index in [9.17, 15) is 55.9 Å². The highest BCUT2D eigenvalue weighted by Crippen LogP contribution is 2.38. The molecule has 0 amide bonds. The molecule has 0 spiro atoms. The van der Waals surface area contributed by atoms with Crippen molar-refractivity contribution >= 4 is 11.0 Å². The summed E-state index contributed by atoms with van der Waals surface area (Å²) in [5.74, 6) is -1.64. The van der Waals surface area contributed by atoms with Crippen LogP contribution in [0, 0.1) is 0 Å². The maximum Gasteiger partial charge on any atom is 0.229 e. The topological polar surface area (TPSA) is 269 Å². The normalized spacial score (nSPS) is 33.0. The first-order valence-electron chi connectivity index (χ1n) is 13.0. The second-order valence-corrected chi connectivity index (χ2v) is 10.1. The van der Waals surface area contributed by atoms with Gasteiger partial charge in [0.25, 0.3) is 0 Å². The van der Waals surface area contributed by atoms with Crippen LogP contribution in [-0.4, -0.2) is 126 Å². The zero-order valence-electron chi connectivity index (χ0n) is 22.1. The number of aliphatic hydroxyl groups excluding tert-OH is 7. The van der Waals surface area contributed by atoms with Crippen molar-refractivity contribution in [2.75, 3.05) is 13.2 Å². The first-order valence-corrected chi connectivity index (χ1v) is 13.0. The summed E-state index contributed by atoms with van der Waals surface area (Å²) in [6.45, 7) is -1.56. The fourth-order valence-corrected chi connectivity index (χ4v) is 4.95. The predicted molar refractivity (Wildman–Crippen MR) is 140 cm³/mol. The molecule has 3 heterocycles. The van der Waals surface area contributed by atoms with Gasteiger partial charge in [0.1, 0.15) is 82.5 Å². The SMILES string of the molecule is O=c1cc(-c2ccc(O)cc2OC2OC(CO)C(O)C(O)C2OC2OC(CO)C(O)C(O)C2O)oc2cc(O)cc(O)c12. The molecule has 1 aromatic heterocycles. The number of benzene rings is 2. The Bertz CT molecular complexity index is 1510. The molecule has 2 aromatic carbocycles. The minimum absolute atomic E-state index is 0.0241. The highest BCUT2D eigenvalue weighted by atomic mass is 16.8. The molecule has 234 valence electrons.